The number of nitrogens with two attached hydrogens (primary N) is 1. The quantitative estimate of drug-likeness (QED) is 0.673. The maximum Gasteiger partial charge on any atom is 0.241 e. The van der Waals surface area contributed by atoms with Gasteiger partial charge in [0, 0.05) is 18.0 Å². The van der Waals surface area contributed by atoms with Crippen molar-refractivity contribution in [3.63, 3.8) is 0 Å². The number of amides is 1. The van der Waals surface area contributed by atoms with E-state index in [1.807, 2.05) is 0 Å². The number of carbonyl (C=O) groups is 1. The van der Waals surface area contributed by atoms with Crippen LogP contribution in [-0.2, 0) is 14.6 Å². The Morgan fingerprint density at radius 3 is 2.68 bits per heavy atom. The van der Waals surface area contributed by atoms with E-state index in [0.717, 1.165) is 18.4 Å². The number of rotatable bonds is 5. The summed E-state index contributed by atoms with van der Waals surface area (Å²) >= 11 is 0. The molecule has 0 fully saturated rings. The molecule has 1 atom stereocenters. The Balaban J connectivity index is 2.61. The van der Waals surface area contributed by atoms with Crippen molar-refractivity contribution in [2.75, 3.05) is 17.3 Å². The van der Waals surface area contributed by atoms with E-state index in [9.17, 15) is 17.6 Å². The molecule has 8 heteroatoms. The standard InChI is InChI=1S/C11H15FN2O4S/c1-19(17,18)5-4-9(13)11(16)14-7-2-3-10(15)8(12)6-7/h2-3,6,9,15H,4-5,13H2,1H3,(H,14,16). The number of phenols is 1. The fourth-order valence-electron chi connectivity index (χ4n) is 1.29. The zero-order valence-electron chi connectivity index (χ0n) is 10.3. The van der Waals surface area contributed by atoms with Gasteiger partial charge in [0.05, 0.1) is 11.8 Å². The minimum atomic E-state index is -3.19. The Kier molecular flexibility index (Phi) is 4.84. The molecule has 0 radical (unpaired) electrons. The molecule has 0 heterocycles. The van der Waals surface area contributed by atoms with Crippen molar-refractivity contribution in [1.29, 1.82) is 0 Å². The van der Waals surface area contributed by atoms with Gasteiger partial charge >= 0.3 is 0 Å². The molecule has 0 aliphatic rings. The molecule has 1 aromatic carbocycles. The van der Waals surface area contributed by atoms with Crippen LogP contribution in [0.5, 0.6) is 5.75 Å². The van der Waals surface area contributed by atoms with Crippen molar-refractivity contribution in [3.05, 3.63) is 24.0 Å². The molecule has 4 N–H and O–H groups in total. The van der Waals surface area contributed by atoms with E-state index in [4.69, 9.17) is 10.8 Å². The number of halogens is 1. The Bertz CT molecular complexity index is 574. The summed E-state index contributed by atoms with van der Waals surface area (Å²) in [7, 11) is -3.19. The van der Waals surface area contributed by atoms with E-state index in [1.54, 1.807) is 0 Å². The van der Waals surface area contributed by atoms with Gasteiger partial charge in [0.15, 0.2) is 11.6 Å². The molecule has 0 saturated heterocycles. The van der Waals surface area contributed by atoms with Crippen LogP contribution in [0.1, 0.15) is 6.42 Å². The maximum absolute atomic E-state index is 13.0. The van der Waals surface area contributed by atoms with Crippen molar-refractivity contribution >= 4 is 21.4 Å². The van der Waals surface area contributed by atoms with Crippen LogP contribution in [0.15, 0.2) is 18.2 Å². The first kappa shape index (κ1) is 15.4. The number of carbonyl (C=O) groups excluding carboxylic acids is 1. The zero-order valence-corrected chi connectivity index (χ0v) is 11.1. The van der Waals surface area contributed by atoms with Gasteiger partial charge in [-0.25, -0.2) is 12.8 Å². The summed E-state index contributed by atoms with van der Waals surface area (Å²) in [6, 6.07) is 2.33. The van der Waals surface area contributed by atoms with Gasteiger partial charge < -0.3 is 16.2 Å². The monoisotopic (exact) mass is 290 g/mol. The van der Waals surface area contributed by atoms with Crippen LogP contribution in [-0.4, -0.2) is 37.5 Å². The Morgan fingerprint density at radius 2 is 2.16 bits per heavy atom. The molecule has 1 amide bonds. The second kappa shape index (κ2) is 5.98. The van der Waals surface area contributed by atoms with Crippen LogP contribution in [0.25, 0.3) is 0 Å². The van der Waals surface area contributed by atoms with E-state index in [2.05, 4.69) is 5.32 Å². The molecule has 0 aliphatic heterocycles. The molecule has 0 saturated carbocycles. The number of sulfone groups is 1. The fraction of sp³-hybridized carbons (Fsp3) is 0.364. The van der Waals surface area contributed by atoms with Gasteiger partial charge in [-0.05, 0) is 18.6 Å². The van der Waals surface area contributed by atoms with Crippen molar-refractivity contribution in [2.45, 2.75) is 12.5 Å². The summed E-state index contributed by atoms with van der Waals surface area (Å²) < 4.78 is 34.9. The number of aromatic hydroxyl groups is 1. The van der Waals surface area contributed by atoms with Gasteiger partial charge in [-0.1, -0.05) is 0 Å². The predicted molar refractivity (Wildman–Crippen MR) is 69.0 cm³/mol. The molecule has 6 nitrogen and oxygen atoms in total. The van der Waals surface area contributed by atoms with E-state index >= 15 is 0 Å². The van der Waals surface area contributed by atoms with E-state index in [0.29, 0.717) is 0 Å². The smallest absolute Gasteiger partial charge is 0.241 e. The highest BCUT2D eigenvalue weighted by Gasteiger charge is 2.16. The van der Waals surface area contributed by atoms with Gasteiger partial charge in [-0.2, -0.15) is 0 Å². The number of nitrogens with one attached hydrogen (secondary N) is 1. The van der Waals surface area contributed by atoms with Crippen LogP contribution in [0.4, 0.5) is 10.1 Å². The SMILES string of the molecule is CS(=O)(=O)CCC(N)C(=O)Nc1ccc(O)c(F)c1. The second-order valence-electron chi connectivity index (χ2n) is 4.18. The lowest BCUT2D eigenvalue weighted by Gasteiger charge is -2.11. The zero-order chi connectivity index (χ0) is 14.6. The molecule has 106 valence electrons. The predicted octanol–water partition coefficient (Wildman–Crippen LogP) is 0.232. The van der Waals surface area contributed by atoms with Crippen LogP contribution in [0.2, 0.25) is 0 Å². The lowest BCUT2D eigenvalue weighted by molar-refractivity contribution is -0.117. The number of benzene rings is 1. The fourth-order valence-corrected chi connectivity index (χ4v) is 1.97. The Labute approximate surface area is 110 Å². The second-order valence-corrected chi connectivity index (χ2v) is 6.44. The van der Waals surface area contributed by atoms with E-state index < -0.39 is 33.4 Å². The van der Waals surface area contributed by atoms with Crippen molar-refractivity contribution in [3.8, 4) is 5.75 Å². The number of hydrogen-bond donors (Lipinski definition) is 3. The summed E-state index contributed by atoms with van der Waals surface area (Å²) in [6.45, 7) is 0. The molecule has 0 aliphatic carbocycles. The van der Waals surface area contributed by atoms with Gasteiger partial charge in [-0.15, -0.1) is 0 Å². The van der Waals surface area contributed by atoms with E-state index in [-0.39, 0.29) is 17.9 Å². The third kappa shape index (κ3) is 5.23. The summed E-state index contributed by atoms with van der Waals surface area (Å²) in [4.78, 5) is 11.6. The molecule has 0 bridgehead atoms. The minimum absolute atomic E-state index is 0.0226. The number of phenolic OH excluding ortho intramolecular Hbond substituents is 1. The summed E-state index contributed by atoms with van der Waals surface area (Å²) in [5, 5.41) is 11.3. The highest BCUT2D eigenvalue weighted by Crippen LogP contribution is 2.19. The van der Waals surface area contributed by atoms with Crippen molar-refractivity contribution in [2.24, 2.45) is 5.73 Å². The van der Waals surface area contributed by atoms with Gasteiger partial charge in [-0.3, -0.25) is 4.79 Å². The van der Waals surface area contributed by atoms with Gasteiger partial charge in [0.2, 0.25) is 5.91 Å². The first-order valence-electron chi connectivity index (χ1n) is 5.42. The third-order valence-electron chi connectivity index (χ3n) is 2.35. The Morgan fingerprint density at radius 1 is 1.53 bits per heavy atom. The average Bonchev–Trinajstić information content (AvgIpc) is 2.29. The lowest BCUT2D eigenvalue weighted by atomic mass is 10.2. The maximum atomic E-state index is 13.0. The van der Waals surface area contributed by atoms with Crippen molar-refractivity contribution in [1.82, 2.24) is 0 Å². The molecular weight excluding hydrogens is 275 g/mol. The summed E-state index contributed by atoms with van der Waals surface area (Å²) in [5.74, 6) is -2.22. The Hall–Kier alpha value is -1.67. The van der Waals surface area contributed by atoms with Crippen LogP contribution >= 0.6 is 0 Å². The lowest BCUT2D eigenvalue weighted by Crippen LogP contribution is -2.37. The molecule has 0 aromatic heterocycles. The normalized spacial score (nSPS) is 13.0. The van der Waals surface area contributed by atoms with Gasteiger partial charge in [0.1, 0.15) is 9.84 Å². The topological polar surface area (TPSA) is 109 Å². The van der Waals surface area contributed by atoms with Crippen LogP contribution < -0.4 is 11.1 Å². The summed E-state index contributed by atoms with van der Waals surface area (Å²) in [6.07, 6.45) is 1.03. The minimum Gasteiger partial charge on any atom is -0.505 e. The number of anilines is 1. The molecule has 0 spiro atoms. The molecule has 19 heavy (non-hydrogen) atoms. The molecule has 1 unspecified atom stereocenters. The van der Waals surface area contributed by atoms with Crippen LogP contribution in [0, 0.1) is 5.82 Å². The van der Waals surface area contributed by atoms with Crippen molar-refractivity contribution < 1.29 is 22.7 Å². The average molecular weight is 290 g/mol. The third-order valence-corrected chi connectivity index (χ3v) is 3.33. The molecular formula is C11H15FN2O4S. The largest absolute Gasteiger partial charge is 0.505 e. The van der Waals surface area contributed by atoms with Gasteiger partial charge in [0.25, 0.3) is 0 Å². The van der Waals surface area contributed by atoms with Crippen LogP contribution in [0.3, 0.4) is 0 Å². The summed E-state index contributed by atoms with van der Waals surface area (Å²) in [5.41, 5.74) is 5.65. The first-order valence-corrected chi connectivity index (χ1v) is 7.48. The highest BCUT2D eigenvalue weighted by molar-refractivity contribution is 7.90. The molecule has 1 aromatic rings. The first-order chi connectivity index (χ1) is 8.69. The molecule has 1 rings (SSSR count). The number of hydrogen-bond acceptors (Lipinski definition) is 5. The van der Waals surface area contributed by atoms with E-state index in [1.165, 1.54) is 6.07 Å². The highest BCUT2D eigenvalue weighted by atomic mass is 32.2.